The number of esters is 1. The highest BCUT2D eigenvalue weighted by Crippen LogP contribution is 2.34. The van der Waals surface area contributed by atoms with Crippen molar-refractivity contribution in [1.82, 2.24) is 4.90 Å². The summed E-state index contributed by atoms with van der Waals surface area (Å²) < 4.78 is 10.3. The molecule has 5 heteroatoms. The minimum atomic E-state index is -1.04. The number of piperidine rings is 1. The van der Waals surface area contributed by atoms with Crippen LogP contribution in [0.2, 0.25) is 0 Å². The van der Waals surface area contributed by atoms with Crippen molar-refractivity contribution >= 4 is 11.8 Å². The van der Waals surface area contributed by atoms with Crippen molar-refractivity contribution in [1.29, 1.82) is 0 Å². The molecule has 126 valence electrons. The van der Waals surface area contributed by atoms with E-state index >= 15 is 0 Å². The third-order valence-corrected chi connectivity index (χ3v) is 4.40. The van der Waals surface area contributed by atoms with Crippen molar-refractivity contribution in [2.75, 3.05) is 33.4 Å². The average molecular weight is 319 g/mol. The Kier molecular flexibility index (Phi) is 6.30. The smallest absolute Gasteiger partial charge is 0.319 e. The highest BCUT2D eigenvalue weighted by atomic mass is 16.5. The van der Waals surface area contributed by atoms with Gasteiger partial charge in [0.25, 0.3) is 0 Å². The fraction of sp³-hybridized carbons (Fsp3) is 0.556. The van der Waals surface area contributed by atoms with Gasteiger partial charge in [0.15, 0.2) is 5.78 Å². The molecule has 5 nitrogen and oxygen atoms in total. The number of carbonyl (C=O) groups is 2. The van der Waals surface area contributed by atoms with Gasteiger partial charge in [0.2, 0.25) is 0 Å². The molecule has 0 saturated carbocycles. The van der Waals surface area contributed by atoms with E-state index in [0.717, 1.165) is 6.54 Å². The maximum Gasteiger partial charge on any atom is 0.319 e. The Morgan fingerprint density at radius 3 is 2.65 bits per heavy atom. The number of carbonyl (C=O) groups excluding carboxylic acids is 2. The molecule has 0 spiro atoms. The first-order valence-electron chi connectivity index (χ1n) is 8.08. The molecule has 0 N–H and O–H groups in total. The molecule has 1 fully saturated rings. The zero-order valence-electron chi connectivity index (χ0n) is 13.9. The van der Waals surface area contributed by atoms with Crippen LogP contribution in [-0.2, 0) is 25.6 Å². The summed E-state index contributed by atoms with van der Waals surface area (Å²) in [5.41, 5.74) is 0.125. The van der Waals surface area contributed by atoms with Crippen molar-refractivity contribution in [3.63, 3.8) is 0 Å². The Morgan fingerprint density at radius 2 is 2.04 bits per heavy atom. The fourth-order valence-electron chi connectivity index (χ4n) is 3.03. The summed E-state index contributed by atoms with van der Waals surface area (Å²) in [6, 6.07) is 10.0. The number of nitrogens with zero attached hydrogens (tertiary/aromatic N) is 1. The monoisotopic (exact) mass is 319 g/mol. The van der Waals surface area contributed by atoms with E-state index in [9.17, 15) is 9.59 Å². The molecule has 0 aromatic heterocycles. The molecule has 0 bridgehead atoms. The molecule has 1 aliphatic heterocycles. The predicted octanol–water partition coefficient (Wildman–Crippen LogP) is 2.05. The number of methoxy groups -OCH3 is 1. The molecular weight excluding hydrogens is 294 g/mol. The third-order valence-electron chi connectivity index (χ3n) is 4.40. The summed E-state index contributed by atoms with van der Waals surface area (Å²) >= 11 is 0. The Labute approximate surface area is 137 Å². The standard InChI is InChI=1S/C18H25NO4/c1-3-23-17(21)18(10-12-22-2)9-11-19(14-16(18)20)13-15-7-5-4-6-8-15/h4-8H,3,9-14H2,1-2H3/t18-/m1/s1. The lowest BCUT2D eigenvalue weighted by Gasteiger charge is -2.38. The maximum atomic E-state index is 12.7. The molecule has 0 unspecified atom stereocenters. The highest BCUT2D eigenvalue weighted by Gasteiger charge is 2.49. The zero-order chi connectivity index (χ0) is 16.7. The van der Waals surface area contributed by atoms with E-state index in [1.165, 1.54) is 5.56 Å². The second kappa shape index (κ2) is 8.22. The average Bonchev–Trinajstić information content (AvgIpc) is 2.55. The van der Waals surface area contributed by atoms with Crippen LogP contribution in [0.4, 0.5) is 0 Å². The number of ether oxygens (including phenoxy) is 2. The van der Waals surface area contributed by atoms with E-state index in [0.29, 0.717) is 26.0 Å². The third kappa shape index (κ3) is 4.18. The number of likely N-dealkylation sites (tertiary alicyclic amines) is 1. The Hall–Kier alpha value is -1.72. The van der Waals surface area contributed by atoms with Gasteiger partial charge in [0, 0.05) is 26.8 Å². The van der Waals surface area contributed by atoms with Gasteiger partial charge >= 0.3 is 5.97 Å². The molecular formula is C18H25NO4. The van der Waals surface area contributed by atoms with Gasteiger partial charge in [-0.15, -0.1) is 0 Å². The predicted molar refractivity (Wildman–Crippen MR) is 86.9 cm³/mol. The molecule has 0 aliphatic carbocycles. The maximum absolute atomic E-state index is 12.7. The molecule has 1 atom stereocenters. The van der Waals surface area contributed by atoms with Gasteiger partial charge in [-0.25, -0.2) is 0 Å². The molecule has 23 heavy (non-hydrogen) atoms. The SMILES string of the molecule is CCOC(=O)[C@@]1(CCOC)CCN(Cc2ccccc2)CC1=O. The summed E-state index contributed by atoms with van der Waals surface area (Å²) in [4.78, 5) is 27.2. The molecule has 1 saturated heterocycles. The molecule has 1 aromatic rings. The second-order valence-electron chi connectivity index (χ2n) is 5.91. The number of hydrogen-bond donors (Lipinski definition) is 0. The Bertz CT molecular complexity index is 531. The number of rotatable bonds is 7. The number of hydrogen-bond acceptors (Lipinski definition) is 5. The normalized spacial score (nSPS) is 22.1. The Morgan fingerprint density at radius 1 is 1.30 bits per heavy atom. The Balaban J connectivity index is 2.06. The lowest BCUT2D eigenvalue weighted by atomic mass is 9.74. The van der Waals surface area contributed by atoms with Gasteiger partial charge in [-0.05, 0) is 25.3 Å². The van der Waals surface area contributed by atoms with Crippen LogP contribution < -0.4 is 0 Å². The van der Waals surface area contributed by atoms with Gasteiger partial charge in [-0.2, -0.15) is 0 Å². The van der Waals surface area contributed by atoms with Crippen LogP contribution in [0.3, 0.4) is 0 Å². The summed E-state index contributed by atoms with van der Waals surface area (Å²) in [7, 11) is 1.58. The van der Waals surface area contributed by atoms with E-state index in [-0.39, 0.29) is 18.9 Å². The van der Waals surface area contributed by atoms with Gasteiger partial charge < -0.3 is 9.47 Å². The topological polar surface area (TPSA) is 55.8 Å². The van der Waals surface area contributed by atoms with Gasteiger partial charge in [-0.3, -0.25) is 14.5 Å². The van der Waals surface area contributed by atoms with E-state index < -0.39 is 11.4 Å². The minimum absolute atomic E-state index is 0.0600. The van der Waals surface area contributed by atoms with Crippen LogP contribution >= 0.6 is 0 Å². The number of Topliss-reactive ketones (excluding diaryl/α,β-unsaturated/α-hetero) is 1. The zero-order valence-corrected chi connectivity index (χ0v) is 13.9. The lowest BCUT2D eigenvalue weighted by molar-refractivity contribution is -0.165. The number of ketones is 1. The highest BCUT2D eigenvalue weighted by molar-refractivity contribution is 6.05. The first kappa shape index (κ1) is 17.6. The van der Waals surface area contributed by atoms with Crippen LogP contribution in [0.25, 0.3) is 0 Å². The molecule has 1 heterocycles. The van der Waals surface area contributed by atoms with Gasteiger partial charge in [-0.1, -0.05) is 30.3 Å². The van der Waals surface area contributed by atoms with Gasteiger partial charge in [0.1, 0.15) is 5.41 Å². The van der Waals surface area contributed by atoms with Crippen LogP contribution in [0.5, 0.6) is 0 Å². The summed E-state index contributed by atoms with van der Waals surface area (Å²) in [5.74, 6) is -0.461. The second-order valence-corrected chi connectivity index (χ2v) is 5.91. The summed E-state index contributed by atoms with van der Waals surface area (Å²) in [6.45, 7) is 4.12. The quantitative estimate of drug-likeness (QED) is 0.569. The van der Waals surface area contributed by atoms with Crippen molar-refractivity contribution < 1.29 is 19.1 Å². The molecule has 1 aliphatic rings. The van der Waals surface area contributed by atoms with E-state index in [1.807, 2.05) is 30.3 Å². The van der Waals surface area contributed by atoms with Crippen molar-refractivity contribution in [2.24, 2.45) is 5.41 Å². The summed E-state index contributed by atoms with van der Waals surface area (Å²) in [5, 5.41) is 0. The molecule has 2 rings (SSSR count). The number of benzene rings is 1. The van der Waals surface area contributed by atoms with Crippen molar-refractivity contribution in [2.45, 2.75) is 26.3 Å². The van der Waals surface area contributed by atoms with Crippen LogP contribution in [0.15, 0.2) is 30.3 Å². The van der Waals surface area contributed by atoms with Crippen LogP contribution in [0.1, 0.15) is 25.3 Å². The molecule has 1 aromatic carbocycles. The molecule has 0 radical (unpaired) electrons. The van der Waals surface area contributed by atoms with Crippen molar-refractivity contribution in [3.05, 3.63) is 35.9 Å². The minimum Gasteiger partial charge on any atom is -0.465 e. The van der Waals surface area contributed by atoms with Gasteiger partial charge in [0.05, 0.1) is 13.2 Å². The van der Waals surface area contributed by atoms with Crippen LogP contribution in [0, 0.1) is 5.41 Å². The van der Waals surface area contributed by atoms with Crippen LogP contribution in [-0.4, -0.2) is 50.1 Å². The van der Waals surface area contributed by atoms with E-state index in [4.69, 9.17) is 9.47 Å². The first-order valence-corrected chi connectivity index (χ1v) is 8.08. The largest absolute Gasteiger partial charge is 0.465 e. The fourth-order valence-corrected chi connectivity index (χ4v) is 3.03. The van der Waals surface area contributed by atoms with E-state index in [1.54, 1.807) is 14.0 Å². The first-order chi connectivity index (χ1) is 11.1. The van der Waals surface area contributed by atoms with Crippen molar-refractivity contribution in [3.8, 4) is 0 Å². The lowest BCUT2D eigenvalue weighted by Crippen LogP contribution is -2.52. The van der Waals surface area contributed by atoms with E-state index in [2.05, 4.69) is 4.90 Å². The molecule has 0 amide bonds. The summed E-state index contributed by atoms with van der Waals surface area (Å²) in [6.07, 6.45) is 0.876.